The molecule has 30 heavy (non-hydrogen) atoms. The van der Waals surface area contributed by atoms with Crippen molar-refractivity contribution >= 4 is 17.8 Å². The second-order valence-electron chi connectivity index (χ2n) is 7.30. The first-order valence-corrected chi connectivity index (χ1v) is 10.0. The summed E-state index contributed by atoms with van der Waals surface area (Å²) < 4.78 is 5.56. The first-order chi connectivity index (χ1) is 14.5. The van der Waals surface area contributed by atoms with Crippen LogP contribution in [0.2, 0.25) is 0 Å². The Bertz CT molecular complexity index is 936. The molecule has 3 rings (SSSR count). The topological polar surface area (TPSA) is 79.7 Å². The Labute approximate surface area is 176 Å². The van der Waals surface area contributed by atoms with Gasteiger partial charge in [-0.2, -0.15) is 0 Å². The second-order valence-corrected chi connectivity index (χ2v) is 7.30. The molecule has 1 aromatic carbocycles. The number of hydrogen-bond donors (Lipinski definition) is 1. The standard InChI is InChI=1S/C24H26N2O4/c1-17(2)30-16-8-15-26-22(19-11-6-7-14-25-19)21(23(28)24(26)29)20(27)13-12-18-9-4-3-5-10-18/h3-7,9-14,17,22,28H,8,15-16H2,1-2H3/b13-12+/t22-/m0/s1. The minimum Gasteiger partial charge on any atom is -0.503 e. The highest BCUT2D eigenvalue weighted by Gasteiger charge is 2.43. The van der Waals surface area contributed by atoms with E-state index in [1.54, 1.807) is 30.5 Å². The number of rotatable bonds is 9. The summed E-state index contributed by atoms with van der Waals surface area (Å²) in [5.41, 5.74) is 1.44. The lowest BCUT2D eigenvalue weighted by Gasteiger charge is -2.25. The molecule has 6 heteroatoms. The van der Waals surface area contributed by atoms with Crippen LogP contribution < -0.4 is 0 Å². The van der Waals surface area contributed by atoms with Crippen LogP contribution >= 0.6 is 0 Å². The Hall–Kier alpha value is -3.25. The van der Waals surface area contributed by atoms with E-state index < -0.39 is 23.5 Å². The first kappa shape index (κ1) is 21.5. The lowest BCUT2D eigenvalue weighted by Crippen LogP contribution is -2.33. The fourth-order valence-corrected chi connectivity index (χ4v) is 3.36. The van der Waals surface area contributed by atoms with Crippen molar-refractivity contribution in [3.63, 3.8) is 0 Å². The minimum atomic E-state index is -0.731. The molecule has 2 heterocycles. The van der Waals surface area contributed by atoms with Gasteiger partial charge in [0.2, 0.25) is 0 Å². The average Bonchev–Trinajstić information content (AvgIpc) is 3.01. The Morgan fingerprint density at radius 2 is 1.93 bits per heavy atom. The molecule has 0 fully saturated rings. The number of amides is 1. The molecule has 1 atom stereocenters. The van der Waals surface area contributed by atoms with Crippen LogP contribution in [-0.4, -0.2) is 45.9 Å². The van der Waals surface area contributed by atoms with Gasteiger partial charge in [-0.25, -0.2) is 0 Å². The van der Waals surface area contributed by atoms with Gasteiger partial charge in [-0.15, -0.1) is 0 Å². The van der Waals surface area contributed by atoms with Crippen molar-refractivity contribution in [3.05, 3.63) is 83.4 Å². The van der Waals surface area contributed by atoms with Crippen molar-refractivity contribution in [1.29, 1.82) is 0 Å². The smallest absolute Gasteiger partial charge is 0.290 e. The number of benzene rings is 1. The molecule has 1 aliphatic heterocycles. The Kier molecular flexibility index (Phi) is 7.14. The molecule has 1 N–H and O–H groups in total. The predicted molar refractivity (Wildman–Crippen MR) is 115 cm³/mol. The number of ketones is 1. The van der Waals surface area contributed by atoms with E-state index >= 15 is 0 Å². The van der Waals surface area contributed by atoms with Crippen LogP contribution in [0.1, 0.15) is 37.6 Å². The number of carbonyl (C=O) groups excluding carboxylic acids is 2. The maximum Gasteiger partial charge on any atom is 0.290 e. The Balaban J connectivity index is 1.86. The molecule has 0 spiro atoms. The zero-order valence-corrected chi connectivity index (χ0v) is 17.2. The van der Waals surface area contributed by atoms with Gasteiger partial charge < -0.3 is 14.7 Å². The number of hydrogen-bond acceptors (Lipinski definition) is 5. The molecule has 156 valence electrons. The normalized spacial score (nSPS) is 16.8. The maximum atomic E-state index is 13.0. The molecule has 0 radical (unpaired) electrons. The lowest BCUT2D eigenvalue weighted by molar-refractivity contribution is -0.129. The summed E-state index contributed by atoms with van der Waals surface area (Å²) in [6, 6.07) is 14.0. The molecule has 0 saturated heterocycles. The van der Waals surface area contributed by atoms with Crippen LogP contribution in [0.15, 0.2) is 72.1 Å². The van der Waals surface area contributed by atoms with E-state index in [9.17, 15) is 14.7 Å². The average molecular weight is 406 g/mol. The van der Waals surface area contributed by atoms with Gasteiger partial charge >= 0.3 is 0 Å². The summed E-state index contributed by atoms with van der Waals surface area (Å²) in [6.07, 6.45) is 5.34. The summed E-state index contributed by atoms with van der Waals surface area (Å²) in [5, 5.41) is 10.5. The fraction of sp³-hybridized carbons (Fsp3) is 0.292. The number of carbonyl (C=O) groups is 2. The summed E-state index contributed by atoms with van der Waals surface area (Å²) in [4.78, 5) is 31.6. The predicted octanol–water partition coefficient (Wildman–Crippen LogP) is 3.87. The SMILES string of the molecule is CC(C)OCCCN1C(=O)C(O)=C(C(=O)/C=C/c2ccccc2)[C@@H]1c1ccccn1. The van der Waals surface area contributed by atoms with Crippen molar-refractivity contribution < 1.29 is 19.4 Å². The molecule has 1 amide bonds. The number of allylic oxidation sites excluding steroid dienone is 1. The third kappa shape index (κ3) is 5.02. The van der Waals surface area contributed by atoms with E-state index in [0.717, 1.165) is 5.56 Å². The molecule has 0 bridgehead atoms. The number of aromatic nitrogens is 1. The summed E-state index contributed by atoms with van der Waals surface area (Å²) in [6.45, 7) is 4.71. The third-order valence-electron chi connectivity index (χ3n) is 4.76. The molecule has 1 aliphatic rings. The zero-order valence-electron chi connectivity index (χ0n) is 17.2. The number of pyridine rings is 1. The number of nitrogens with zero attached hydrogens (tertiary/aromatic N) is 2. The molecule has 0 saturated carbocycles. The van der Waals surface area contributed by atoms with E-state index in [0.29, 0.717) is 25.3 Å². The maximum absolute atomic E-state index is 13.0. The van der Waals surface area contributed by atoms with Crippen molar-refractivity contribution in [3.8, 4) is 0 Å². The van der Waals surface area contributed by atoms with Gasteiger partial charge in [0.1, 0.15) is 6.04 Å². The van der Waals surface area contributed by atoms with E-state index in [2.05, 4.69) is 4.98 Å². The van der Waals surface area contributed by atoms with Crippen LogP contribution in [-0.2, 0) is 14.3 Å². The van der Waals surface area contributed by atoms with Crippen LogP contribution in [0.5, 0.6) is 0 Å². The first-order valence-electron chi connectivity index (χ1n) is 10.0. The van der Waals surface area contributed by atoms with E-state index in [-0.39, 0.29) is 11.7 Å². The number of ether oxygens (including phenoxy) is 1. The van der Waals surface area contributed by atoms with Gasteiger partial charge in [0.05, 0.1) is 17.4 Å². The molecular weight excluding hydrogens is 380 g/mol. The minimum absolute atomic E-state index is 0.0515. The quantitative estimate of drug-likeness (QED) is 0.505. The third-order valence-corrected chi connectivity index (χ3v) is 4.76. The van der Waals surface area contributed by atoms with Gasteiger partial charge in [-0.05, 0) is 44.0 Å². The van der Waals surface area contributed by atoms with E-state index in [1.165, 1.54) is 11.0 Å². The largest absolute Gasteiger partial charge is 0.503 e. The van der Waals surface area contributed by atoms with Crippen molar-refractivity contribution in [2.75, 3.05) is 13.2 Å². The highest BCUT2D eigenvalue weighted by molar-refractivity contribution is 6.14. The number of aliphatic hydroxyl groups is 1. The highest BCUT2D eigenvalue weighted by atomic mass is 16.5. The Morgan fingerprint density at radius 3 is 2.60 bits per heavy atom. The monoisotopic (exact) mass is 406 g/mol. The van der Waals surface area contributed by atoms with Crippen molar-refractivity contribution in [1.82, 2.24) is 9.88 Å². The summed E-state index contributed by atoms with van der Waals surface area (Å²) in [7, 11) is 0. The van der Waals surface area contributed by atoms with Crippen molar-refractivity contribution in [2.24, 2.45) is 0 Å². The lowest BCUT2D eigenvalue weighted by atomic mass is 9.99. The molecule has 6 nitrogen and oxygen atoms in total. The summed E-state index contributed by atoms with van der Waals surface area (Å²) in [5.74, 6) is -1.49. The van der Waals surface area contributed by atoms with Gasteiger partial charge in [0.15, 0.2) is 11.5 Å². The zero-order chi connectivity index (χ0) is 21.5. The summed E-state index contributed by atoms with van der Waals surface area (Å²) >= 11 is 0. The van der Waals surface area contributed by atoms with Gasteiger partial charge in [0.25, 0.3) is 5.91 Å². The number of aliphatic hydroxyl groups excluding tert-OH is 1. The van der Waals surface area contributed by atoms with Crippen LogP contribution in [0.3, 0.4) is 0 Å². The van der Waals surface area contributed by atoms with Crippen LogP contribution in [0.25, 0.3) is 6.08 Å². The second kappa shape index (κ2) is 9.98. The van der Waals surface area contributed by atoms with E-state index in [1.807, 2.05) is 44.2 Å². The highest BCUT2D eigenvalue weighted by Crippen LogP contribution is 2.37. The van der Waals surface area contributed by atoms with Crippen LogP contribution in [0.4, 0.5) is 0 Å². The fourth-order valence-electron chi connectivity index (χ4n) is 3.36. The molecule has 1 aromatic heterocycles. The Morgan fingerprint density at radius 1 is 1.20 bits per heavy atom. The van der Waals surface area contributed by atoms with Gasteiger partial charge in [-0.1, -0.05) is 42.5 Å². The van der Waals surface area contributed by atoms with E-state index in [4.69, 9.17) is 4.74 Å². The molecule has 2 aromatic rings. The molecule has 0 unspecified atom stereocenters. The van der Waals surface area contributed by atoms with Gasteiger partial charge in [0, 0.05) is 19.3 Å². The van der Waals surface area contributed by atoms with Crippen molar-refractivity contribution in [2.45, 2.75) is 32.4 Å². The van der Waals surface area contributed by atoms with Crippen LogP contribution in [0, 0.1) is 0 Å². The molecule has 0 aliphatic carbocycles. The van der Waals surface area contributed by atoms with Gasteiger partial charge in [-0.3, -0.25) is 14.6 Å². The molecular formula is C24H26N2O4.